The molecule has 0 bridgehead atoms. The molecule has 1 fully saturated rings. The van der Waals surface area contributed by atoms with Crippen molar-refractivity contribution in [2.24, 2.45) is 0 Å². The molecule has 31 heavy (non-hydrogen) atoms. The number of rotatable bonds is 8. The van der Waals surface area contributed by atoms with Gasteiger partial charge in [0.05, 0.1) is 4.90 Å². The molecule has 0 spiro atoms. The number of benzene rings is 1. The average Bonchev–Trinajstić information content (AvgIpc) is 3.51. The first-order valence-electron chi connectivity index (χ1n) is 10.1. The van der Waals surface area contributed by atoms with Crippen LogP contribution in [0.1, 0.15) is 33.6 Å². The molecular weight excluding hydrogens is 432 g/mol. The molecule has 162 valence electrons. The summed E-state index contributed by atoms with van der Waals surface area (Å²) in [5, 5.41) is 4.72. The summed E-state index contributed by atoms with van der Waals surface area (Å²) in [6.07, 6.45) is 4.15. The summed E-state index contributed by atoms with van der Waals surface area (Å²) in [5.74, 6) is 0.624. The maximum atomic E-state index is 12.6. The van der Waals surface area contributed by atoms with E-state index in [2.05, 4.69) is 19.9 Å². The smallest absolute Gasteiger partial charge is 0.251 e. The van der Waals surface area contributed by atoms with Crippen molar-refractivity contribution in [3.63, 3.8) is 0 Å². The lowest BCUT2D eigenvalue weighted by Crippen LogP contribution is -2.25. The summed E-state index contributed by atoms with van der Waals surface area (Å²) in [5.41, 5.74) is 1.18. The van der Waals surface area contributed by atoms with Crippen molar-refractivity contribution in [1.29, 1.82) is 0 Å². The van der Waals surface area contributed by atoms with Gasteiger partial charge in [0.2, 0.25) is 10.0 Å². The maximum Gasteiger partial charge on any atom is 0.251 e. The van der Waals surface area contributed by atoms with Crippen LogP contribution in [0.3, 0.4) is 0 Å². The van der Waals surface area contributed by atoms with E-state index in [1.54, 1.807) is 18.3 Å². The van der Waals surface area contributed by atoms with E-state index in [4.69, 9.17) is 0 Å². The van der Waals surface area contributed by atoms with E-state index in [0.29, 0.717) is 12.1 Å². The van der Waals surface area contributed by atoms with E-state index in [1.807, 2.05) is 29.6 Å². The average molecular weight is 457 g/mol. The van der Waals surface area contributed by atoms with E-state index >= 15 is 0 Å². The number of amides is 1. The number of anilines is 1. The van der Waals surface area contributed by atoms with Crippen LogP contribution < -0.4 is 14.9 Å². The zero-order valence-corrected chi connectivity index (χ0v) is 18.6. The van der Waals surface area contributed by atoms with Crippen LogP contribution in [-0.4, -0.2) is 32.4 Å². The fourth-order valence-corrected chi connectivity index (χ4v) is 5.19. The molecule has 2 N–H and O–H groups in total. The van der Waals surface area contributed by atoms with Gasteiger partial charge in [-0.15, -0.1) is 11.3 Å². The lowest BCUT2D eigenvalue weighted by Gasteiger charge is -2.16. The fraction of sp³-hybridized carbons (Fsp3) is 0.273. The standard InChI is InChI=1S/C22H24N4O3S2/c27-22(24-15-17-8-9-21(23-14-17)26-10-1-2-11-26)18-5-3-7-20(13-18)31(28,29)25-16-19-6-4-12-30-19/h3-9,12-14,25H,1-2,10-11,15-16H2,(H,24,27). The highest BCUT2D eigenvalue weighted by molar-refractivity contribution is 7.89. The van der Waals surface area contributed by atoms with E-state index < -0.39 is 10.0 Å². The number of carbonyl (C=O) groups is 1. The number of hydrogen-bond acceptors (Lipinski definition) is 6. The third-order valence-corrected chi connectivity index (χ3v) is 7.39. The second kappa shape index (κ2) is 9.59. The number of aromatic nitrogens is 1. The van der Waals surface area contributed by atoms with Crippen LogP contribution in [0.25, 0.3) is 0 Å². The van der Waals surface area contributed by atoms with Crippen molar-refractivity contribution in [1.82, 2.24) is 15.0 Å². The minimum atomic E-state index is -3.71. The van der Waals surface area contributed by atoms with Crippen molar-refractivity contribution >= 4 is 33.1 Å². The SMILES string of the molecule is O=C(NCc1ccc(N2CCCC2)nc1)c1cccc(S(=O)(=O)NCc2cccs2)c1. The van der Waals surface area contributed by atoms with Gasteiger partial charge in [0.25, 0.3) is 5.91 Å². The van der Waals surface area contributed by atoms with Gasteiger partial charge >= 0.3 is 0 Å². The first-order valence-corrected chi connectivity index (χ1v) is 12.5. The van der Waals surface area contributed by atoms with Crippen LogP contribution in [0, 0.1) is 0 Å². The second-order valence-electron chi connectivity index (χ2n) is 7.33. The third kappa shape index (κ3) is 5.49. The van der Waals surface area contributed by atoms with Crippen LogP contribution >= 0.6 is 11.3 Å². The Morgan fingerprint density at radius 1 is 1.06 bits per heavy atom. The normalized spacial score (nSPS) is 14.0. The number of thiophene rings is 1. The Morgan fingerprint density at radius 2 is 1.90 bits per heavy atom. The van der Waals surface area contributed by atoms with Gasteiger partial charge in [0.15, 0.2) is 0 Å². The van der Waals surface area contributed by atoms with Crippen LogP contribution in [0.4, 0.5) is 5.82 Å². The summed E-state index contributed by atoms with van der Waals surface area (Å²) < 4.78 is 27.7. The summed E-state index contributed by atoms with van der Waals surface area (Å²) in [6.45, 7) is 2.60. The molecule has 0 unspecified atom stereocenters. The first-order chi connectivity index (χ1) is 15.0. The summed E-state index contributed by atoms with van der Waals surface area (Å²) in [7, 11) is -3.71. The van der Waals surface area contributed by atoms with E-state index in [9.17, 15) is 13.2 Å². The predicted molar refractivity (Wildman–Crippen MR) is 122 cm³/mol. The zero-order valence-electron chi connectivity index (χ0n) is 17.0. The molecule has 0 aliphatic carbocycles. The lowest BCUT2D eigenvalue weighted by atomic mass is 10.2. The highest BCUT2D eigenvalue weighted by Gasteiger charge is 2.17. The van der Waals surface area contributed by atoms with E-state index in [-0.39, 0.29) is 17.3 Å². The number of nitrogens with zero attached hydrogens (tertiary/aromatic N) is 2. The first kappa shape index (κ1) is 21.5. The molecule has 7 nitrogen and oxygen atoms in total. The Morgan fingerprint density at radius 3 is 2.61 bits per heavy atom. The quantitative estimate of drug-likeness (QED) is 0.543. The van der Waals surface area contributed by atoms with Crippen molar-refractivity contribution in [3.05, 3.63) is 76.1 Å². The number of pyridine rings is 1. The van der Waals surface area contributed by atoms with Gasteiger partial charge in [-0.05, 0) is 54.1 Å². The predicted octanol–water partition coefficient (Wildman–Crippen LogP) is 3.15. The molecule has 1 aromatic carbocycles. The number of nitrogens with one attached hydrogen (secondary N) is 2. The molecule has 0 atom stereocenters. The fourth-order valence-electron chi connectivity index (χ4n) is 3.41. The Bertz CT molecular complexity index is 1120. The Kier molecular flexibility index (Phi) is 6.64. The molecule has 1 saturated heterocycles. The van der Waals surface area contributed by atoms with Gasteiger partial charge in [-0.25, -0.2) is 18.1 Å². The monoisotopic (exact) mass is 456 g/mol. The van der Waals surface area contributed by atoms with Crippen molar-refractivity contribution < 1.29 is 13.2 Å². The zero-order chi connectivity index (χ0) is 21.7. The van der Waals surface area contributed by atoms with Crippen molar-refractivity contribution in [2.75, 3.05) is 18.0 Å². The highest BCUT2D eigenvalue weighted by Crippen LogP contribution is 2.18. The van der Waals surface area contributed by atoms with Crippen molar-refractivity contribution in [3.8, 4) is 0 Å². The van der Waals surface area contributed by atoms with Gasteiger partial charge in [-0.2, -0.15) is 0 Å². The van der Waals surface area contributed by atoms with Gasteiger partial charge in [-0.1, -0.05) is 18.2 Å². The highest BCUT2D eigenvalue weighted by atomic mass is 32.2. The minimum Gasteiger partial charge on any atom is -0.357 e. The molecule has 1 aliphatic rings. The second-order valence-corrected chi connectivity index (χ2v) is 10.1. The Balaban J connectivity index is 1.36. The Labute approximate surface area is 186 Å². The molecule has 1 amide bonds. The summed E-state index contributed by atoms with van der Waals surface area (Å²) in [6, 6.07) is 13.7. The number of hydrogen-bond donors (Lipinski definition) is 2. The Hall–Kier alpha value is -2.75. The number of sulfonamides is 1. The van der Waals surface area contributed by atoms with Crippen molar-refractivity contribution in [2.45, 2.75) is 30.8 Å². The molecule has 3 heterocycles. The van der Waals surface area contributed by atoms with Gasteiger partial charge < -0.3 is 10.2 Å². The molecule has 0 saturated carbocycles. The van der Waals surface area contributed by atoms with Gasteiger partial charge in [-0.3, -0.25) is 4.79 Å². The van der Waals surface area contributed by atoms with Gasteiger partial charge in [0, 0.05) is 42.8 Å². The van der Waals surface area contributed by atoms with Gasteiger partial charge in [0.1, 0.15) is 5.82 Å². The van der Waals surface area contributed by atoms with Crippen LogP contribution in [0.5, 0.6) is 0 Å². The summed E-state index contributed by atoms with van der Waals surface area (Å²) in [4.78, 5) is 20.3. The summed E-state index contributed by atoms with van der Waals surface area (Å²) >= 11 is 1.48. The van der Waals surface area contributed by atoms with Crippen LogP contribution in [-0.2, 0) is 23.1 Å². The molecule has 0 radical (unpaired) electrons. The third-order valence-electron chi connectivity index (χ3n) is 5.12. The largest absolute Gasteiger partial charge is 0.357 e. The molecule has 4 rings (SSSR count). The van der Waals surface area contributed by atoms with E-state index in [0.717, 1.165) is 29.3 Å². The molecule has 2 aromatic heterocycles. The van der Waals surface area contributed by atoms with Crippen LogP contribution in [0.15, 0.2) is 65.0 Å². The topological polar surface area (TPSA) is 91.4 Å². The lowest BCUT2D eigenvalue weighted by molar-refractivity contribution is 0.0950. The molecule has 3 aromatic rings. The minimum absolute atomic E-state index is 0.0633. The number of carbonyl (C=O) groups excluding carboxylic acids is 1. The molecular formula is C22H24N4O3S2. The molecule has 9 heteroatoms. The van der Waals surface area contributed by atoms with E-state index in [1.165, 1.54) is 36.3 Å². The maximum absolute atomic E-state index is 12.6. The van der Waals surface area contributed by atoms with Crippen LogP contribution in [0.2, 0.25) is 0 Å². The molecule has 1 aliphatic heterocycles.